The van der Waals surface area contributed by atoms with E-state index in [4.69, 9.17) is 5.26 Å². The molecule has 0 radical (unpaired) electrons. The number of carbonyl (C=O) groups excluding carboxylic acids is 3. The zero-order valence-electron chi connectivity index (χ0n) is 17.9. The van der Waals surface area contributed by atoms with Gasteiger partial charge in [-0.1, -0.05) is 25.0 Å². The molecule has 1 aromatic carbocycles. The normalized spacial score (nSPS) is 27.4. The lowest BCUT2D eigenvalue weighted by Crippen LogP contribution is -2.51. The number of carbonyl (C=O) groups is 3. The second-order valence-electron chi connectivity index (χ2n) is 8.93. The zero-order valence-corrected chi connectivity index (χ0v) is 18.7. The Bertz CT molecular complexity index is 1090. The standard InChI is InChI=1S/C22H26N4O5S/c1-22(16-8-6-15(12-23)7-9-16)20(28)25(21(29)24-22)13-19(27)26(17-4-2-3-5-17)18-10-11-32(30,31)14-18/h6-9,17-18H,2-5,10-11,13-14H2,1H3,(H,24,29). The summed E-state index contributed by atoms with van der Waals surface area (Å²) in [4.78, 5) is 41.8. The highest BCUT2D eigenvalue weighted by Crippen LogP contribution is 2.32. The second kappa shape index (κ2) is 8.20. The number of urea groups is 1. The lowest BCUT2D eigenvalue weighted by atomic mass is 9.91. The molecule has 32 heavy (non-hydrogen) atoms. The Morgan fingerprint density at radius 1 is 1.19 bits per heavy atom. The first-order valence-corrected chi connectivity index (χ1v) is 12.6. The van der Waals surface area contributed by atoms with Crippen molar-refractivity contribution in [2.24, 2.45) is 0 Å². The molecule has 0 bridgehead atoms. The molecule has 4 rings (SSSR count). The maximum absolute atomic E-state index is 13.3. The van der Waals surface area contributed by atoms with Crippen LogP contribution in [0.3, 0.4) is 0 Å². The summed E-state index contributed by atoms with van der Waals surface area (Å²) in [5.74, 6) is -0.968. The number of rotatable bonds is 5. The molecule has 2 unspecified atom stereocenters. The number of imide groups is 1. The minimum Gasteiger partial charge on any atom is -0.334 e. The van der Waals surface area contributed by atoms with E-state index in [0.29, 0.717) is 17.5 Å². The van der Waals surface area contributed by atoms with Gasteiger partial charge in [0.2, 0.25) is 5.91 Å². The van der Waals surface area contributed by atoms with Crippen LogP contribution >= 0.6 is 0 Å². The van der Waals surface area contributed by atoms with E-state index in [-0.39, 0.29) is 17.5 Å². The second-order valence-corrected chi connectivity index (χ2v) is 11.2. The molecule has 2 heterocycles. The number of hydrogen-bond acceptors (Lipinski definition) is 6. The summed E-state index contributed by atoms with van der Waals surface area (Å²) in [6.45, 7) is 1.14. The molecule has 0 spiro atoms. The number of nitriles is 1. The first kappa shape index (κ1) is 22.3. The number of amides is 4. The predicted octanol–water partition coefficient (Wildman–Crippen LogP) is 1.28. The van der Waals surface area contributed by atoms with Gasteiger partial charge in [0.25, 0.3) is 5.91 Å². The number of nitrogens with zero attached hydrogens (tertiary/aromatic N) is 3. The average Bonchev–Trinajstić information content (AvgIpc) is 3.45. The summed E-state index contributed by atoms with van der Waals surface area (Å²) in [5.41, 5.74) is -0.403. The highest BCUT2D eigenvalue weighted by atomic mass is 32.2. The molecular formula is C22H26N4O5S. The summed E-state index contributed by atoms with van der Waals surface area (Å²) in [7, 11) is -3.19. The minimum absolute atomic E-state index is 0.0497. The van der Waals surface area contributed by atoms with Gasteiger partial charge in [0.1, 0.15) is 12.1 Å². The van der Waals surface area contributed by atoms with Crippen molar-refractivity contribution in [3.63, 3.8) is 0 Å². The van der Waals surface area contributed by atoms with Gasteiger partial charge in [-0.15, -0.1) is 0 Å². The molecule has 1 N–H and O–H groups in total. The molecule has 9 nitrogen and oxygen atoms in total. The third-order valence-corrected chi connectivity index (χ3v) is 8.52. The van der Waals surface area contributed by atoms with Crippen molar-refractivity contribution in [3.05, 3.63) is 35.4 Å². The van der Waals surface area contributed by atoms with Crippen molar-refractivity contribution < 1.29 is 22.8 Å². The Kier molecular flexibility index (Phi) is 5.71. The lowest BCUT2D eigenvalue weighted by Gasteiger charge is -2.35. The van der Waals surface area contributed by atoms with Crippen LogP contribution in [0.1, 0.15) is 50.2 Å². The fourth-order valence-corrected chi connectivity index (χ4v) is 6.73. The SMILES string of the molecule is CC1(c2ccc(C#N)cc2)NC(=O)N(CC(=O)N(C2CCCC2)C2CCS(=O)(=O)C2)C1=O. The van der Waals surface area contributed by atoms with E-state index in [2.05, 4.69) is 5.32 Å². The maximum atomic E-state index is 13.3. The van der Waals surface area contributed by atoms with Crippen LogP contribution in [0.5, 0.6) is 0 Å². The van der Waals surface area contributed by atoms with Crippen LogP contribution in [0, 0.1) is 11.3 Å². The van der Waals surface area contributed by atoms with Gasteiger partial charge in [-0.05, 0) is 43.9 Å². The highest BCUT2D eigenvalue weighted by molar-refractivity contribution is 7.91. The monoisotopic (exact) mass is 458 g/mol. The van der Waals surface area contributed by atoms with Crippen LogP contribution in [0.15, 0.2) is 24.3 Å². The van der Waals surface area contributed by atoms with Gasteiger partial charge >= 0.3 is 6.03 Å². The third kappa shape index (κ3) is 3.97. The van der Waals surface area contributed by atoms with Crippen LogP contribution in [0.4, 0.5) is 4.79 Å². The van der Waals surface area contributed by atoms with Crippen LogP contribution in [-0.2, 0) is 25.0 Å². The summed E-state index contributed by atoms with van der Waals surface area (Å²) in [6.07, 6.45) is 3.91. The molecular weight excluding hydrogens is 432 g/mol. The van der Waals surface area contributed by atoms with Gasteiger partial charge < -0.3 is 10.2 Å². The van der Waals surface area contributed by atoms with Crippen LogP contribution in [0.25, 0.3) is 0 Å². The maximum Gasteiger partial charge on any atom is 0.325 e. The van der Waals surface area contributed by atoms with Crippen molar-refractivity contribution in [1.29, 1.82) is 5.26 Å². The van der Waals surface area contributed by atoms with Crippen molar-refractivity contribution in [2.45, 2.75) is 56.7 Å². The predicted molar refractivity (Wildman–Crippen MR) is 115 cm³/mol. The Balaban J connectivity index is 1.55. The molecule has 2 atom stereocenters. The first-order chi connectivity index (χ1) is 15.1. The number of nitrogens with one attached hydrogen (secondary N) is 1. The number of sulfone groups is 1. The van der Waals surface area contributed by atoms with Gasteiger partial charge in [-0.2, -0.15) is 5.26 Å². The Morgan fingerprint density at radius 2 is 1.84 bits per heavy atom. The van der Waals surface area contributed by atoms with E-state index in [1.54, 1.807) is 36.1 Å². The number of benzene rings is 1. The minimum atomic E-state index is -3.19. The van der Waals surface area contributed by atoms with Crippen LogP contribution < -0.4 is 5.32 Å². The summed E-state index contributed by atoms with van der Waals surface area (Å²) in [6, 6.07) is 7.21. The molecule has 2 saturated heterocycles. The molecule has 3 aliphatic rings. The van der Waals surface area contributed by atoms with Crippen molar-refractivity contribution in [3.8, 4) is 6.07 Å². The Morgan fingerprint density at radius 3 is 2.41 bits per heavy atom. The first-order valence-electron chi connectivity index (χ1n) is 10.8. The zero-order chi connectivity index (χ0) is 23.1. The summed E-state index contributed by atoms with van der Waals surface area (Å²) < 4.78 is 24.1. The fourth-order valence-electron chi connectivity index (χ4n) is 5.01. The molecule has 4 amide bonds. The van der Waals surface area contributed by atoms with Gasteiger partial charge in [0.15, 0.2) is 9.84 Å². The van der Waals surface area contributed by atoms with E-state index >= 15 is 0 Å². The molecule has 1 saturated carbocycles. The van der Waals surface area contributed by atoms with Crippen molar-refractivity contribution in [2.75, 3.05) is 18.1 Å². The van der Waals surface area contributed by atoms with E-state index in [9.17, 15) is 22.8 Å². The van der Waals surface area contributed by atoms with Gasteiger partial charge in [-0.25, -0.2) is 13.2 Å². The van der Waals surface area contributed by atoms with Gasteiger partial charge in [0.05, 0.1) is 23.1 Å². The Labute approximate surface area is 187 Å². The molecule has 3 fully saturated rings. The molecule has 0 aromatic heterocycles. The lowest BCUT2D eigenvalue weighted by molar-refractivity contribution is -0.141. The molecule has 1 aromatic rings. The average molecular weight is 459 g/mol. The number of hydrogen-bond donors (Lipinski definition) is 1. The highest BCUT2D eigenvalue weighted by Gasteiger charge is 2.50. The smallest absolute Gasteiger partial charge is 0.325 e. The summed E-state index contributed by atoms with van der Waals surface area (Å²) >= 11 is 0. The fraction of sp³-hybridized carbons (Fsp3) is 0.545. The molecule has 170 valence electrons. The molecule has 1 aliphatic carbocycles. The van der Waals surface area contributed by atoms with E-state index in [1.807, 2.05) is 6.07 Å². The van der Waals surface area contributed by atoms with Crippen molar-refractivity contribution in [1.82, 2.24) is 15.1 Å². The van der Waals surface area contributed by atoms with E-state index in [0.717, 1.165) is 30.6 Å². The van der Waals surface area contributed by atoms with Crippen molar-refractivity contribution >= 4 is 27.7 Å². The van der Waals surface area contributed by atoms with Gasteiger partial charge in [-0.3, -0.25) is 14.5 Å². The van der Waals surface area contributed by atoms with Crippen LogP contribution in [-0.4, -0.2) is 66.2 Å². The summed E-state index contributed by atoms with van der Waals surface area (Å²) in [5, 5.41) is 11.7. The quantitative estimate of drug-likeness (QED) is 0.662. The largest absolute Gasteiger partial charge is 0.334 e. The Hall–Kier alpha value is -2.93. The van der Waals surface area contributed by atoms with Gasteiger partial charge in [0, 0.05) is 12.1 Å². The molecule has 2 aliphatic heterocycles. The van der Waals surface area contributed by atoms with E-state index < -0.39 is 45.8 Å². The topological polar surface area (TPSA) is 128 Å². The molecule has 10 heteroatoms. The third-order valence-electron chi connectivity index (χ3n) is 6.77. The van der Waals surface area contributed by atoms with Crippen LogP contribution in [0.2, 0.25) is 0 Å². The van der Waals surface area contributed by atoms with E-state index in [1.165, 1.54) is 0 Å².